The lowest BCUT2D eigenvalue weighted by Gasteiger charge is -2.04. The van der Waals surface area contributed by atoms with Gasteiger partial charge in [-0.05, 0) is 30.7 Å². The monoisotopic (exact) mass is 320 g/mol. The van der Waals surface area contributed by atoms with Gasteiger partial charge < -0.3 is 14.2 Å². The first-order chi connectivity index (χ1) is 11.6. The molecule has 0 saturated carbocycles. The van der Waals surface area contributed by atoms with Crippen LogP contribution in [0.2, 0.25) is 0 Å². The lowest BCUT2D eigenvalue weighted by Crippen LogP contribution is -2.13. The first-order valence-corrected chi connectivity index (χ1v) is 7.32. The molecule has 0 fully saturated rings. The second-order valence-corrected chi connectivity index (χ2v) is 5.36. The largest absolute Gasteiger partial charge is 0.425 e. The van der Waals surface area contributed by atoms with Crippen LogP contribution in [-0.2, 0) is 0 Å². The van der Waals surface area contributed by atoms with Gasteiger partial charge in [-0.2, -0.15) is 0 Å². The number of fused-ring (bicyclic) bond motifs is 2. The van der Waals surface area contributed by atoms with E-state index in [2.05, 4.69) is 10.3 Å². The standard InChI is InChI=1S/C18H12N2O4/c1-10-5-4-8-19-16(10)20-17(22)14-9-12-15(21)11-6-2-3-7-13(11)23-18(12)24-14/h2-9H,1H3,(H,19,20,22). The maximum Gasteiger partial charge on any atom is 0.302 e. The summed E-state index contributed by atoms with van der Waals surface area (Å²) in [5, 5.41) is 3.34. The van der Waals surface area contributed by atoms with Crippen LogP contribution in [0, 0.1) is 6.92 Å². The summed E-state index contributed by atoms with van der Waals surface area (Å²) in [5.41, 5.74) is 1.00. The van der Waals surface area contributed by atoms with E-state index >= 15 is 0 Å². The Labute approximate surface area is 135 Å². The molecule has 3 heterocycles. The molecule has 0 spiro atoms. The van der Waals surface area contributed by atoms with Crippen LogP contribution in [0.3, 0.4) is 0 Å². The van der Waals surface area contributed by atoms with Crippen LogP contribution in [0.25, 0.3) is 22.1 Å². The molecule has 0 aliphatic carbocycles. The predicted octanol–water partition coefficient (Wildman–Crippen LogP) is 3.49. The number of carbonyl (C=O) groups excluding carboxylic acids is 1. The van der Waals surface area contributed by atoms with E-state index in [-0.39, 0.29) is 22.4 Å². The van der Waals surface area contributed by atoms with Gasteiger partial charge in [0.05, 0.1) is 5.39 Å². The number of hydrogen-bond donors (Lipinski definition) is 1. The number of rotatable bonds is 2. The fraction of sp³-hybridized carbons (Fsp3) is 0.0556. The lowest BCUT2D eigenvalue weighted by atomic mass is 10.2. The third-order valence-electron chi connectivity index (χ3n) is 3.74. The van der Waals surface area contributed by atoms with E-state index in [4.69, 9.17) is 8.83 Å². The van der Waals surface area contributed by atoms with Gasteiger partial charge in [0.2, 0.25) is 5.43 Å². The van der Waals surface area contributed by atoms with Crippen molar-refractivity contribution in [1.82, 2.24) is 4.98 Å². The number of nitrogens with one attached hydrogen (secondary N) is 1. The summed E-state index contributed by atoms with van der Waals surface area (Å²) in [4.78, 5) is 28.9. The Morgan fingerprint density at radius 2 is 1.92 bits per heavy atom. The second-order valence-electron chi connectivity index (χ2n) is 5.36. The molecule has 0 aliphatic heterocycles. The molecule has 4 aromatic rings. The van der Waals surface area contributed by atoms with Crippen molar-refractivity contribution in [3.63, 3.8) is 0 Å². The molecule has 24 heavy (non-hydrogen) atoms. The highest BCUT2D eigenvalue weighted by Gasteiger charge is 2.18. The smallest absolute Gasteiger partial charge is 0.302 e. The summed E-state index contributed by atoms with van der Waals surface area (Å²) < 4.78 is 11.0. The number of hydrogen-bond acceptors (Lipinski definition) is 5. The van der Waals surface area contributed by atoms with Crippen LogP contribution in [0.1, 0.15) is 16.1 Å². The van der Waals surface area contributed by atoms with Crippen molar-refractivity contribution in [2.75, 3.05) is 5.32 Å². The predicted molar refractivity (Wildman–Crippen MR) is 89.2 cm³/mol. The lowest BCUT2D eigenvalue weighted by molar-refractivity contribution is 0.0996. The van der Waals surface area contributed by atoms with Crippen LogP contribution in [0.5, 0.6) is 0 Å². The summed E-state index contributed by atoms with van der Waals surface area (Å²) in [6, 6.07) is 11.9. The van der Waals surface area contributed by atoms with Crippen LogP contribution in [0.15, 0.2) is 62.3 Å². The minimum Gasteiger partial charge on any atom is -0.425 e. The number of pyridine rings is 1. The van der Waals surface area contributed by atoms with Crippen LogP contribution in [0.4, 0.5) is 5.82 Å². The van der Waals surface area contributed by atoms with Gasteiger partial charge in [0.15, 0.2) is 5.76 Å². The Balaban J connectivity index is 1.79. The van der Waals surface area contributed by atoms with E-state index < -0.39 is 5.91 Å². The number of carbonyl (C=O) groups is 1. The molecule has 4 rings (SSSR count). The Kier molecular flexibility index (Phi) is 3.16. The molecular formula is C18H12N2O4. The van der Waals surface area contributed by atoms with Gasteiger partial charge in [-0.1, -0.05) is 18.2 Å². The highest BCUT2D eigenvalue weighted by Crippen LogP contribution is 2.22. The quantitative estimate of drug-likeness (QED) is 0.611. The number of benzene rings is 1. The molecule has 0 aliphatic rings. The summed E-state index contributed by atoms with van der Waals surface area (Å²) in [7, 11) is 0. The van der Waals surface area contributed by atoms with E-state index in [1.54, 1.807) is 36.5 Å². The van der Waals surface area contributed by atoms with E-state index in [0.717, 1.165) is 5.56 Å². The van der Waals surface area contributed by atoms with Crippen molar-refractivity contribution in [3.05, 3.63) is 70.2 Å². The zero-order chi connectivity index (χ0) is 16.7. The molecule has 6 heteroatoms. The van der Waals surface area contributed by atoms with E-state index in [9.17, 15) is 9.59 Å². The maximum absolute atomic E-state index is 12.5. The minimum absolute atomic E-state index is 0.00814. The zero-order valence-corrected chi connectivity index (χ0v) is 12.7. The molecule has 1 N–H and O–H groups in total. The zero-order valence-electron chi connectivity index (χ0n) is 12.7. The Morgan fingerprint density at radius 1 is 1.08 bits per heavy atom. The molecule has 118 valence electrons. The van der Waals surface area contributed by atoms with Crippen molar-refractivity contribution in [3.8, 4) is 0 Å². The summed E-state index contributed by atoms with van der Waals surface area (Å²) >= 11 is 0. The van der Waals surface area contributed by atoms with Gasteiger partial charge in [-0.25, -0.2) is 4.98 Å². The van der Waals surface area contributed by atoms with Crippen molar-refractivity contribution in [2.24, 2.45) is 0 Å². The van der Waals surface area contributed by atoms with Crippen molar-refractivity contribution < 1.29 is 13.6 Å². The number of nitrogens with zero attached hydrogens (tertiary/aromatic N) is 1. The van der Waals surface area contributed by atoms with Crippen molar-refractivity contribution >= 4 is 33.9 Å². The molecule has 1 amide bonds. The van der Waals surface area contributed by atoms with Crippen molar-refractivity contribution in [1.29, 1.82) is 0 Å². The topological polar surface area (TPSA) is 85.3 Å². The Bertz CT molecular complexity index is 1140. The molecular weight excluding hydrogens is 308 g/mol. The number of aryl methyl sites for hydroxylation is 1. The molecule has 0 bridgehead atoms. The Hall–Kier alpha value is -3.41. The average Bonchev–Trinajstić information content (AvgIpc) is 3.02. The molecule has 0 saturated heterocycles. The normalized spacial score (nSPS) is 11.0. The van der Waals surface area contributed by atoms with Crippen molar-refractivity contribution in [2.45, 2.75) is 6.92 Å². The maximum atomic E-state index is 12.5. The molecule has 0 atom stereocenters. The first kappa shape index (κ1) is 14.2. The third kappa shape index (κ3) is 2.25. The third-order valence-corrected chi connectivity index (χ3v) is 3.74. The second kappa shape index (κ2) is 5.34. The van der Waals surface area contributed by atoms with Gasteiger partial charge in [0.1, 0.15) is 16.8 Å². The van der Waals surface area contributed by atoms with E-state index in [1.165, 1.54) is 6.07 Å². The Morgan fingerprint density at radius 3 is 2.75 bits per heavy atom. The fourth-order valence-corrected chi connectivity index (χ4v) is 2.49. The number of amides is 1. The van der Waals surface area contributed by atoms with Gasteiger partial charge in [-0.15, -0.1) is 0 Å². The van der Waals surface area contributed by atoms with Crippen LogP contribution in [-0.4, -0.2) is 10.9 Å². The van der Waals surface area contributed by atoms with Gasteiger partial charge in [0.25, 0.3) is 5.91 Å². The van der Waals surface area contributed by atoms with Gasteiger partial charge >= 0.3 is 5.78 Å². The highest BCUT2D eigenvalue weighted by atomic mass is 16.5. The minimum atomic E-state index is -0.494. The number of furan rings is 1. The van der Waals surface area contributed by atoms with E-state index in [1.807, 2.05) is 13.0 Å². The summed E-state index contributed by atoms with van der Waals surface area (Å²) in [6.45, 7) is 1.83. The summed E-state index contributed by atoms with van der Waals surface area (Å²) in [5.74, 6) is -0.0353. The SMILES string of the molecule is Cc1cccnc1NC(=O)c1cc2c(=O)c3ccccc3oc2o1. The van der Waals surface area contributed by atoms with E-state index in [0.29, 0.717) is 16.8 Å². The number of para-hydroxylation sites is 1. The molecule has 6 nitrogen and oxygen atoms in total. The molecule has 0 radical (unpaired) electrons. The molecule has 1 aromatic carbocycles. The van der Waals surface area contributed by atoms with Crippen LogP contribution < -0.4 is 10.7 Å². The van der Waals surface area contributed by atoms with Crippen LogP contribution >= 0.6 is 0 Å². The number of aromatic nitrogens is 1. The highest BCUT2D eigenvalue weighted by molar-refractivity contribution is 6.04. The first-order valence-electron chi connectivity index (χ1n) is 7.32. The molecule has 3 aromatic heterocycles. The van der Waals surface area contributed by atoms with Gasteiger partial charge in [-0.3, -0.25) is 9.59 Å². The summed E-state index contributed by atoms with van der Waals surface area (Å²) in [6.07, 6.45) is 1.58. The number of anilines is 1. The average molecular weight is 320 g/mol. The molecule has 0 unspecified atom stereocenters. The van der Waals surface area contributed by atoms with Gasteiger partial charge in [0, 0.05) is 12.3 Å². The fourth-order valence-electron chi connectivity index (χ4n) is 2.49.